The van der Waals surface area contributed by atoms with Gasteiger partial charge in [0.1, 0.15) is 24.5 Å². The molecule has 0 spiro atoms. The number of carbonyl (C=O) groups is 1. The summed E-state index contributed by atoms with van der Waals surface area (Å²) in [6.07, 6.45) is 0.769. The minimum atomic E-state index is -4.85. The Morgan fingerprint density at radius 2 is 1.95 bits per heavy atom. The number of nitrogens with zero attached hydrogens (tertiary/aromatic N) is 7. The number of anilines is 3. The number of aromatic nitrogens is 5. The number of pyridine rings is 1. The molecule has 0 aliphatic carbocycles. The zero-order chi connectivity index (χ0) is 30.8. The van der Waals surface area contributed by atoms with Gasteiger partial charge in [-0.1, -0.05) is 11.6 Å². The van der Waals surface area contributed by atoms with Crippen LogP contribution in [0, 0.1) is 10.1 Å². The first-order valence-corrected chi connectivity index (χ1v) is 13.2. The maximum absolute atomic E-state index is 13.3. The topological polar surface area (TPSA) is 141 Å². The van der Waals surface area contributed by atoms with Crippen molar-refractivity contribution in [3.05, 3.63) is 80.1 Å². The minimum absolute atomic E-state index is 0. The zero-order valence-electron chi connectivity index (χ0n) is 22.7. The van der Waals surface area contributed by atoms with Crippen LogP contribution in [0.5, 0.6) is 0 Å². The number of hydrogen-bond acceptors (Lipinski definition) is 8. The summed E-state index contributed by atoms with van der Waals surface area (Å²) in [5, 5.41) is 18.3. The van der Waals surface area contributed by atoms with Crippen LogP contribution in [0.1, 0.15) is 11.5 Å². The van der Waals surface area contributed by atoms with Gasteiger partial charge in [0.15, 0.2) is 5.69 Å². The lowest BCUT2D eigenvalue weighted by Gasteiger charge is -2.28. The molecule has 4 rings (SSSR count). The number of nitro groups is 1. The number of likely N-dealkylation sites (N-methyl/N-ethyl adjacent to an activating group) is 1. The van der Waals surface area contributed by atoms with Gasteiger partial charge in [0.2, 0.25) is 5.91 Å². The van der Waals surface area contributed by atoms with Crippen molar-refractivity contribution in [1.29, 1.82) is 0 Å². The fraction of sp³-hybridized carbons (Fsp3) is 0.240. The van der Waals surface area contributed by atoms with Gasteiger partial charge in [0, 0.05) is 28.7 Å². The van der Waals surface area contributed by atoms with Gasteiger partial charge < -0.3 is 42.2 Å². The van der Waals surface area contributed by atoms with Crippen molar-refractivity contribution < 1.29 is 44.4 Å². The summed E-state index contributed by atoms with van der Waals surface area (Å²) in [4.78, 5) is 38.9. The Morgan fingerprint density at radius 3 is 2.60 bits per heavy atom. The van der Waals surface area contributed by atoms with E-state index in [2.05, 4.69) is 46.5 Å². The third kappa shape index (κ3) is 8.25. The molecule has 0 atom stereocenters. The van der Waals surface area contributed by atoms with Crippen molar-refractivity contribution >= 4 is 67.5 Å². The van der Waals surface area contributed by atoms with Crippen molar-refractivity contribution in [2.45, 2.75) is 12.7 Å². The first-order chi connectivity index (χ1) is 19.6. The molecule has 0 radical (unpaired) electrons. The van der Waals surface area contributed by atoms with Gasteiger partial charge in [-0.3, -0.25) is 9.36 Å². The Balaban J connectivity index is 0.00000506. The highest BCUT2D eigenvalue weighted by Crippen LogP contribution is 2.33. The maximum Gasteiger partial charge on any atom is 0.475 e. The molecule has 18 heteroatoms. The van der Waals surface area contributed by atoms with Gasteiger partial charge in [-0.15, -0.1) is 0 Å². The molecule has 0 fully saturated rings. The summed E-state index contributed by atoms with van der Waals surface area (Å²) in [5.74, 6) is -2.03. The monoisotopic (exact) mass is 747 g/mol. The Kier molecular flexibility index (Phi) is 10.5. The molecule has 3 heterocycles. The molecule has 0 aliphatic heterocycles. The van der Waals surface area contributed by atoms with E-state index >= 15 is 0 Å². The number of carbonyl (C=O) groups excluding carboxylic acids is 1. The minimum Gasteiger partial charge on any atom is -1.00 e. The summed E-state index contributed by atoms with van der Waals surface area (Å²) in [6.45, 7) is 0.0227. The predicted molar refractivity (Wildman–Crippen MR) is 153 cm³/mol. The zero-order valence-corrected chi connectivity index (χ0v) is 26.6. The van der Waals surface area contributed by atoms with E-state index in [1.807, 2.05) is 0 Å². The standard InChI is InChI=1S/C25H22BrClF3N9O3.BrH/c1-37-19(23(38(41)42)36-24(37)25(28,29)30)12-39(2,3)8-4-5-21(40)35-20-10-15-18(11-31-20)32-13-33-22(15)34-14-6-7-17(27)16(26)9-14;/h4-7,9-11,13H,8,12H2,1-3H3,(H-,31,32,33,34,35,40);1H/b5-4+;. The number of fused-ring (bicyclic) bond motifs is 1. The summed E-state index contributed by atoms with van der Waals surface area (Å²) in [7, 11) is 4.40. The second kappa shape index (κ2) is 13.3. The second-order valence-corrected chi connectivity index (χ2v) is 11.0. The SMILES string of the molecule is Cn1c(C(F)(F)F)nc([N+](=O)[O-])c1C[N+](C)(C)C/C=C/C(=O)Nc1cc2c(Nc3ccc(Cl)c(Br)c3)ncnc2cn1.[Br-]. The van der Waals surface area contributed by atoms with Crippen LogP contribution in [0.25, 0.3) is 10.9 Å². The predicted octanol–water partition coefficient (Wildman–Crippen LogP) is 2.62. The highest BCUT2D eigenvalue weighted by atomic mass is 79.9. The van der Waals surface area contributed by atoms with E-state index in [1.165, 1.54) is 24.7 Å². The van der Waals surface area contributed by atoms with Crippen LogP contribution in [-0.2, 0) is 24.6 Å². The van der Waals surface area contributed by atoms with Gasteiger partial charge in [-0.25, -0.2) is 15.0 Å². The second-order valence-electron chi connectivity index (χ2n) is 9.75. The van der Waals surface area contributed by atoms with Crippen molar-refractivity contribution in [3.8, 4) is 0 Å². The van der Waals surface area contributed by atoms with Crippen molar-refractivity contribution in [2.24, 2.45) is 7.05 Å². The first kappa shape index (κ1) is 33.8. The molecule has 1 amide bonds. The molecule has 228 valence electrons. The van der Waals surface area contributed by atoms with Crippen LogP contribution in [0.2, 0.25) is 5.02 Å². The Hall–Kier alpha value is -3.67. The number of quaternary nitrogens is 1. The molecule has 0 saturated heterocycles. The molecule has 2 N–H and O–H groups in total. The lowest BCUT2D eigenvalue weighted by molar-refractivity contribution is -0.898. The van der Waals surface area contributed by atoms with E-state index in [-0.39, 0.29) is 46.1 Å². The number of alkyl halides is 3. The summed E-state index contributed by atoms with van der Waals surface area (Å²) < 4.78 is 41.1. The number of halogens is 6. The molecule has 4 aromatic rings. The molecule has 3 aromatic heterocycles. The average Bonchev–Trinajstić information content (AvgIpc) is 3.22. The van der Waals surface area contributed by atoms with Gasteiger partial charge in [0.25, 0.3) is 0 Å². The number of hydrogen-bond donors (Lipinski definition) is 2. The fourth-order valence-electron chi connectivity index (χ4n) is 4.01. The van der Waals surface area contributed by atoms with E-state index in [1.54, 1.807) is 38.4 Å². The maximum atomic E-state index is 13.3. The summed E-state index contributed by atoms with van der Waals surface area (Å²) in [6, 6.07) is 6.88. The van der Waals surface area contributed by atoms with Gasteiger partial charge in [-0.05, 0) is 56.2 Å². The third-order valence-corrected chi connectivity index (χ3v) is 7.23. The molecule has 0 saturated carbocycles. The van der Waals surface area contributed by atoms with E-state index in [0.29, 0.717) is 36.5 Å². The molecular formula is C25H23Br2ClF3N9O3. The fourth-order valence-corrected chi connectivity index (χ4v) is 4.51. The summed E-state index contributed by atoms with van der Waals surface area (Å²) >= 11 is 9.44. The number of imidazole rings is 1. The Morgan fingerprint density at radius 1 is 1.23 bits per heavy atom. The largest absolute Gasteiger partial charge is 1.00 e. The molecule has 0 bridgehead atoms. The molecule has 43 heavy (non-hydrogen) atoms. The normalized spacial score (nSPS) is 11.9. The van der Waals surface area contributed by atoms with E-state index < -0.39 is 28.6 Å². The Bertz CT molecular complexity index is 1710. The van der Waals surface area contributed by atoms with Crippen LogP contribution in [0.3, 0.4) is 0 Å². The molecule has 0 unspecified atom stereocenters. The molecule has 0 aliphatic rings. The van der Waals surface area contributed by atoms with E-state index in [4.69, 9.17) is 11.6 Å². The van der Waals surface area contributed by atoms with Gasteiger partial charge >= 0.3 is 17.8 Å². The highest BCUT2D eigenvalue weighted by molar-refractivity contribution is 9.10. The smallest absolute Gasteiger partial charge is 0.475 e. The average molecular weight is 750 g/mol. The first-order valence-electron chi connectivity index (χ1n) is 12.0. The van der Waals surface area contributed by atoms with Crippen molar-refractivity contribution in [3.63, 3.8) is 0 Å². The van der Waals surface area contributed by atoms with Gasteiger partial charge in [0.05, 0.1) is 37.4 Å². The van der Waals surface area contributed by atoms with Crippen molar-refractivity contribution in [2.75, 3.05) is 31.3 Å². The third-order valence-electron chi connectivity index (χ3n) is 6.02. The molecule has 12 nitrogen and oxygen atoms in total. The van der Waals surface area contributed by atoms with Crippen LogP contribution in [0.15, 0.2) is 53.4 Å². The molecule has 1 aromatic carbocycles. The van der Waals surface area contributed by atoms with Crippen LogP contribution in [-0.4, -0.2) is 60.5 Å². The lowest BCUT2D eigenvalue weighted by atomic mass is 10.2. The van der Waals surface area contributed by atoms with E-state index in [9.17, 15) is 28.1 Å². The van der Waals surface area contributed by atoms with Gasteiger partial charge in [-0.2, -0.15) is 13.2 Å². The molecular weight excluding hydrogens is 727 g/mol. The van der Waals surface area contributed by atoms with Crippen molar-refractivity contribution in [1.82, 2.24) is 24.5 Å². The van der Waals surface area contributed by atoms with Crippen LogP contribution < -0.4 is 27.6 Å². The van der Waals surface area contributed by atoms with E-state index in [0.717, 1.165) is 7.05 Å². The summed E-state index contributed by atoms with van der Waals surface area (Å²) in [5.41, 5.74) is 1.06. The van der Waals surface area contributed by atoms with Crippen LogP contribution in [0.4, 0.5) is 36.3 Å². The quantitative estimate of drug-likeness (QED) is 0.115. The van der Waals surface area contributed by atoms with Crippen LogP contribution >= 0.6 is 27.5 Å². The number of nitrogens with one attached hydrogen (secondary N) is 2. The Labute approximate surface area is 266 Å². The number of benzene rings is 1. The highest BCUT2D eigenvalue weighted by Gasteiger charge is 2.45. The lowest BCUT2D eigenvalue weighted by Crippen LogP contribution is -3.00. The number of rotatable bonds is 9. The number of amides is 1.